The molecule has 0 N–H and O–H groups in total. The van der Waals surface area contributed by atoms with Gasteiger partial charge in [-0.15, -0.1) is 0 Å². The van der Waals surface area contributed by atoms with E-state index in [2.05, 4.69) is 4.74 Å². The number of benzene rings is 2. The average molecular weight is 377 g/mol. The van der Waals surface area contributed by atoms with Crippen molar-refractivity contribution in [1.82, 2.24) is 4.90 Å². The number of ether oxygens (including phenoxy) is 1. The molecule has 0 spiro atoms. The Hall–Kier alpha value is -2.74. The lowest BCUT2D eigenvalue weighted by molar-refractivity contribution is 0.0578. The van der Waals surface area contributed by atoms with Gasteiger partial charge in [-0.2, -0.15) is 0 Å². The van der Waals surface area contributed by atoms with Gasteiger partial charge in [-0.1, -0.05) is 12.1 Å². The van der Waals surface area contributed by atoms with Gasteiger partial charge in [-0.25, -0.2) is 17.6 Å². The molecular weight excluding hydrogens is 361 g/mol. The Morgan fingerprint density at radius 1 is 1.04 bits per heavy atom. The van der Waals surface area contributed by atoms with Crippen molar-refractivity contribution in [2.75, 3.05) is 20.2 Å². The van der Waals surface area contributed by atoms with Crippen molar-refractivity contribution in [1.29, 1.82) is 0 Å². The van der Waals surface area contributed by atoms with Crippen molar-refractivity contribution in [3.05, 3.63) is 65.5 Å². The van der Waals surface area contributed by atoms with Gasteiger partial charge in [-0.05, 0) is 36.4 Å². The summed E-state index contributed by atoms with van der Waals surface area (Å²) >= 11 is 0. The zero-order valence-electron chi connectivity index (χ0n) is 13.9. The van der Waals surface area contributed by atoms with Crippen molar-refractivity contribution in [2.24, 2.45) is 0 Å². The summed E-state index contributed by atoms with van der Waals surface area (Å²) in [5.41, 5.74) is 0.293. The SMILES string of the molecule is COC(=O)c1ccccc1C(=O)N1CC(S(=O)(=O)c2ccc(F)cc2)C1. The maximum atomic E-state index is 13.0. The van der Waals surface area contributed by atoms with E-state index < -0.39 is 32.8 Å². The molecule has 26 heavy (non-hydrogen) atoms. The summed E-state index contributed by atoms with van der Waals surface area (Å²) in [6.45, 7) is 0.0160. The second-order valence-electron chi connectivity index (χ2n) is 5.87. The number of methoxy groups -OCH3 is 1. The lowest BCUT2D eigenvalue weighted by Crippen LogP contribution is -2.57. The predicted octanol–water partition coefficient (Wildman–Crippen LogP) is 1.91. The van der Waals surface area contributed by atoms with E-state index >= 15 is 0 Å². The number of likely N-dealkylation sites (tertiary alicyclic amines) is 1. The molecule has 0 aliphatic carbocycles. The standard InChI is InChI=1S/C18H16FNO5S/c1-25-18(22)16-5-3-2-4-15(16)17(21)20-10-14(11-20)26(23,24)13-8-6-12(19)7-9-13/h2-9,14H,10-11H2,1H3. The van der Waals surface area contributed by atoms with Crippen LogP contribution >= 0.6 is 0 Å². The summed E-state index contributed by atoms with van der Waals surface area (Å²) < 4.78 is 42.7. The predicted molar refractivity (Wildman–Crippen MR) is 91.1 cm³/mol. The number of hydrogen-bond donors (Lipinski definition) is 0. The number of esters is 1. The molecular formula is C18H16FNO5S. The number of carbonyl (C=O) groups excluding carboxylic acids is 2. The van der Waals surface area contributed by atoms with Crippen LogP contribution in [-0.4, -0.2) is 50.6 Å². The van der Waals surface area contributed by atoms with Crippen LogP contribution in [0, 0.1) is 5.82 Å². The number of rotatable bonds is 4. The molecule has 0 radical (unpaired) electrons. The van der Waals surface area contributed by atoms with E-state index in [9.17, 15) is 22.4 Å². The average Bonchev–Trinajstić information content (AvgIpc) is 2.59. The third kappa shape index (κ3) is 3.20. The minimum absolute atomic E-state index is 0.00799. The smallest absolute Gasteiger partial charge is 0.338 e. The Morgan fingerprint density at radius 3 is 2.19 bits per heavy atom. The number of halogens is 1. The number of hydrogen-bond acceptors (Lipinski definition) is 5. The molecule has 136 valence electrons. The summed E-state index contributed by atoms with van der Waals surface area (Å²) in [4.78, 5) is 25.8. The second-order valence-corrected chi connectivity index (χ2v) is 8.10. The van der Waals surface area contributed by atoms with E-state index in [-0.39, 0.29) is 29.1 Å². The first-order valence-electron chi connectivity index (χ1n) is 7.80. The van der Waals surface area contributed by atoms with E-state index in [0.717, 1.165) is 12.1 Å². The fraction of sp³-hybridized carbons (Fsp3) is 0.222. The molecule has 1 saturated heterocycles. The summed E-state index contributed by atoms with van der Waals surface area (Å²) in [7, 11) is -2.43. The van der Waals surface area contributed by atoms with Gasteiger partial charge in [0.1, 0.15) is 11.1 Å². The minimum atomic E-state index is -3.65. The highest BCUT2D eigenvalue weighted by Crippen LogP contribution is 2.26. The Bertz CT molecular complexity index is 950. The third-order valence-electron chi connectivity index (χ3n) is 4.28. The third-order valence-corrected chi connectivity index (χ3v) is 6.38. The quantitative estimate of drug-likeness (QED) is 0.601. The van der Waals surface area contributed by atoms with Gasteiger partial charge in [0.05, 0.1) is 23.1 Å². The highest BCUT2D eigenvalue weighted by atomic mass is 32.2. The van der Waals surface area contributed by atoms with Gasteiger partial charge in [-0.3, -0.25) is 4.79 Å². The van der Waals surface area contributed by atoms with Crippen molar-refractivity contribution in [2.45, 2.75) is 10.1 Å². The maximum absolute atomic E-state index is 13.0. The highest BCUT2D eigenvalue weighted by molar-refractivity contribution is 7.92. The molecule has 0 aromatic heterocycles. The molecule has 2 aromatic carbocycles. The zero-order valence-corrected chi connectivity index (χ0v) is 14.7. The van der Waals surface area contributed by atoms with Crippen molar-refractivity contribution in [3.8, 4) is 0 Å². The summed E-state index contributed by atoms with van der Waals surface area (Å²) in [6, 6.07) is 10.8. The Morgan fingerprint density at radius 2 is 1.62 bits per heavy atom. The van der Waals surface area contributed by atoms with E-state index in [1.54, 1.807) is 12.1 Å². The van der Waals surface area contributed by atoms with Crippen molar-refractivity contribution in [3.63, 3.8) is 0 Å². The van der Waals surface area contributed by atoms with Crippen LogP contribution in [0.25, 0.3) is 0 Å². The van der Waals surface area contributed by atoms with Gasteiger partial charge in [0.25, 0.3) is 5.91 Å². The lowest BCUT2D eigenvalue weighted by atomic mass is 10.0. The van der Waals surface area contributed by atoms with Crippen LogP contribution in [0.2, 0.25) is 0 Å². The van der Waals surface area contributed by atoms with E-state index in [0.29, 0.717) is 0 Å². The maximum Gasteiger partial charge on any atom is 0.338 e. The van der Waals surface area contributed by atoms with Crippen molar-refractivity contribution < 1.29 is 27.1 Å². The molecule has 1 aliphatic heterocycles. The van der Waals surface area contributed by atoms with E-state index in [1.165, 1.54) is 36.3 Å². The molecule has 2 aromatic rings. The number of nitrogens with zero attached hydrogens (tertiary/aromatic N) is 1. The molecule has 1 amide bonds. The first-order valence-corrected chi connectivity index (χ1v) is 9.35. The lowest BCUT2D eigenvalue weighted by Gasteiger charge is -2.38. The second kappa shape index (κ2) is 6.87. The van der Waals surface area contributed by atoms with Crippen LogP contribution in [0.4, 0.5) is 4.39 Å². The molecule has 1 fully saturated rings. The Kier molecular flexibility index (Phi) is 4.78. The van der Waals surface area contributed by atoms with Gasteiger partial charge in [0.2, 0.25) is 0 Å². The van der Waals surface area contributed by atoms with Gasteiger partial charge in [0.15, 0.2) is 9.84 Å². The zero-order chi connectivity index (χ0) is 18.9. The van der Waals surface area contributed by atoms with Gasteiger partial charge >= 0.3 is 5.97 Å². The van der Waals surface area contributed by atoms with Crippen LogP contribution in [0.15, 0.2) is 53.4 Å². The fourth-order valence-electron chi connectivity index (χ4n) is 2.74. The number of sulfone groups is 1. The summed E-state index contributed by atoms with van der Waals surface area (Å²) in [5, 5.41) is -0.762. The van der Waals surface area contributed by atoms with Gasteiger partial charge in [0, 0.05) is 13.1 Å². The first-order chi connectivity index (χ1) is 12.3. The van der Waals surface area contributed by atoms with E-state index in [4.69, 9.17) is 0 Å². The van der Waals surface area contributed by atoms with Crippen molar-refractivity contribution >= 4 is 21.7 Å². The molecule has 0 unspecified atom stereocenters. The Balaban J connectivity index is 1.75. The number of carbonyl (C=O) groups is 2. The normalized spacial score (nSPS) is 14.6. The molecule has 0 saturated carbocycles. The highest BCUT2D eigenvalue weighted by Gasteiger charge is 2.41. The molecule has 0 atom stereocenters. The monoisotopic (exact) mass is 377 g/mol. The summed E-state index contributed by atoms with van der Waals surface area (Å²) in [5.74, 6) is -1.59. The Labute approximate surface area is 150 Å². The fourth-order valence-corrected chi connectivity index (χ4v) is 4.40. The summed E-state index contributed by atoms with van der Waals surface area (Å²) in [6.07, 6.45) is 0. The largest absolute Gasteiger partial charge is 0.465 e. The topological polar surface area (TPSA) is 80.8 Å². The first kappa shape index (κ1) is 18.1. The molecule has 6 nitrogen and oxygen atoms in total. The van der Waals surface area contributed by atoms with Crippen LogP contribution in [0.3, 0.4) is 0 Å². The minimum Gasteiger partial charge on any atom is -0.465 e. The molecule has 1 aliphatic rings. The van der Waals surface area contributed by atoms with Crippen LogP contribution < -0.4 is 0 Å². The molecule has 0 bridgehead atoms. The van der Waals surface area contributed by atoms with Gasteiger partial charge < -0.3 is 9.64 Å². The van der Waals surface area contributed by atoms with Crippen LogP contribution in [-0.2, 0) is 14.6 Å². The molecule has 3 rings (SSSR count). The van der Waals surface area contributed by atoms with E-state index in [1.807, 2.05) is 0 Å². The van der Waals surface area contributed by atoms with Crippen LogP contribution in [0.1, 0.15) is 20.7 Å². The number of amides is 1. The molecule has 8 heteroatoms. The van der Waals surface area contributed by atoms with Crippen LogP contribution in [0.5, 0.6) is 0 Å². The molecule has 1 heterocycles.